The minimum Gasteiger partial charge on any atom is -0.617 e. The topological polar surface area (TPSA) is 23.1 Å². The van der Waals surface area contributed by atoms with Crippen molar-refractivity contribution in [3.05, 3.63) is 0 Å². The third-order valence-corrected chi connectivity index (χ3v) is 0. The fraction of sp³-hybridized carbons (Fsp3) is 1.00. The van der Waals surface area contributed by atoms with Crippen LogP contribution in [-0.2, 0) is 11.2 Å². The highest BCUT2D eigenvalue weighted by molar-refractivity contribution is 7.89. The molecule has 0 unspecified atom stereocenters. The standard InChI is InChI=1S/C2H6OS.Mg.H2S.2H/c1-4(2)3;;;;/h1-2H3;;1H2;;. The molecule has 0 aromatic carbocycles. The SMILES string of the molecule is C[S+](C)[O-].S.[MgH2]. The minimum absolute atomic E-state index is 0. The Balaban J connectivity index is -0.0000000450. The quantitative estimate of drug-likeness (QED) is 0.317. The Morgan fingerprint density at radius 2 is 1.33 bits per heavy atom. The first kappa shape index (κ1) is 15.7. The zero-order valence-electron chi connectivity index (χ0n) is 3.32. The van der Waals surface area contributed by atoms with E-state index in [1.165, 1.54) is 0 Å². The van der Waals surface area contributed by atoms with Gasteiger partial charge in [-0.05, 0) is 0 Å². The molecule has 0 radical (unpaired) electrons. The van der Waals surface area contributed by atoms with E-state index in [4.69, 9.17) is 0 Å². The van der Waals surface area contributed by atoms with Crippen molar-refractivity contribution in [2.24, 2.45) is 0 Å². The predicted molar refractivity (Wildman–Crippen MR) is 38.9 cm³/mol. The molecule has 38 valence electrons. The second-order valence-corrected chi connectivity index (χ2v) is 2.22. The van der Waals surface area contributed by atoms with E-state index in [0.29, 0.717) is 0 Å². The molecule has 0 aliphatic carbocycles. The lowest BCUT2D eigenvalue weighted by molar-refractivity contribution is 0.606. The Hall–Kier alpha value is 1.43. The summed E-state index contributed by atoms with van der Waals surface area (Å²) in [5.41, 5.74) is 0. The molecule has 0 heterocycles. The lowest BCUT2D eigenvalue weighted by Gasteiger charge is -1.87. The largest absolute Gasteiger partial charge is 0.617 e. The van der Waals surface area contributed by atoms with Gasteiger partial charge in [0.1, 0.15) is 0 Å². The maximum Gasteiger partial charge on any atom is 0.316 e. The van der Waals surface area contributed by atoms with Crippen molar-refractivity contribution in [2.75, 3.05) is 12.5 Å². The summed E-state index contributed by atoms with van der Waals surface area (Å²) in [7, 11) is 0. The van der Waals surface area contributed by atoms with Gasteiger partial charge in [0.15, 0.2) is 0 Å². The van der Waals surface area contributed by atoms with Crippen LogP contribution in [0.4, 0.5) is 0 Å². The average molecular weight is 139 g/mol. The lowest BCUT2D eigenvalue weighted by atomic mass is 11.9. The van der Waals surface area contributed by atoms with Crippen LogP contribution in [0.2, 0.25) is 0 Å². The number of hydrogen-bond donors (Lipinski definition) is 0. The predicted octanol–water partition coefficient (Wildman–Crippen LogP) is -0.809. The molecule has 0 aromatic rings. The first-order valence-electron chi connectivity index (χ1n) is 0.983. The Labute approximate surface area is 64.7 Å². The van der Waals surface area contributed by atoms with E-state index in [2.05, 4.69) is 0 Å². The van der Waals surface area contributed by atoms with E-state index >= 15 is 0 Å². The van der Waals surface area contributed by atoms with Crippen molar-refractivity contribution in [3.8, 4) is 0 Å². The van der Waals surface area contributed by atoms with E-state index in [9.17, 15) is 4.55 Å². The molecule has 0 saturated heterocycles. The monoisotopic (exact) mass is 138 g/mol. The van der Waals surface area contributed by atoms with Gasteiger partial charge in [-0.25, -0.2) is 0 Å². The zero-order valence-corrected chi connectivity index (χ0v) is 5.13. The molecular formula is C2H10MgOS2. The molecule has 0 aliphatic rings. The Bertz CT molecular complexity index is 16.3. The zero-order chi connectivity index (χ0) is 3.58. The summed E-state index contributed by atoms with van der Waals surface area (Å²) in [6.07, 6.45) is 3.28. The van der Waals surface area contributed by atoms with Crippen molar-refractivity contribution < 1.29 is 4.55 Å². The molecule has 0 saturated carbocycles. The third kappa shape index (κ3) is 52.3. The molecule has 0 amide bonds. The second kappa shape index (κ2) is 9.66. The second-order valence-electron chi connectivity index (χ2n) is 0.742. The van der Waals surface area contributed by atoms with Gasteiger partial charge >= 0.3 is 23.1 Å². The van der Waals surface area contributed by atoms with Crippen LogP contribution < -0.4 is 0 Å². The van der Waals surface area contributed by atoms with Crippen molar-refractivity contribution in [1.82, 2.24) is 0 Å². The van der Waals surface area contributed by atoms with E-state index in [0.717, 1.165) is 0 Å². The first-order valence-corrected chi connectivity index (χ1v) is 2.95. The van der Waals surface area contributed by atoms with Crippen molar-refractivity contribution >= 4 is 47.7 Å². The molecule has 0 atom stereocenters. The van der Waals surface area contributed by atoms with Gasteiger partial charge in [0.2, 0.25) is 0 Å². The Kier molecular flexibility index (Phi) is 25.2. The Morgan fingerprint density at radius 1 is 1.33 bits per heavy atom. The average Bonchev–Trinajstić information content (AvgIpc) is 0.811. The van der Waals surface area contributed by atoms with Crippen LogP contribution in [-0.4, -0.2) is 40.1 Å². The van der Waals surface area contributed by atoms with Gasteiger partial charge in [0.05, 0.1) is 12.5 Å². The summed E-state index contributed by atoms with van der Waals surface area (Å²) in [4.78, 5) is 0. The van der Waals surface area contributed by atoms with Gasteiger partial charge in [-0.3, -0.25) is 0 Å². The van der Waals surface area contributed by atoms with Gasteiger partial charge in [-0.1, -0.05) is 11.2 Å². The van der Waals surface area contributed by atoms with Crippen LogP contribution in [0, 0.1) is 0 Å². The summed E-state index contributed by atoms with van der Waals surface area (Å²) in [5, 5.41) is 0. The fourth-order valence-electron chi connectivity index (χ4n) is 0. The molecule has 0 rings (SSSR count). The highest BCUT2D eigenvalue weighted by Crippen LogP contribution is 1.61. The minimum atomic E-state index is -0.611. The lowest BCUT2D eigenvalue weighted by Crippen LogP contribution is -1.86. The molecule has 6 heavy (non-hydrogen) atoms. The van der Waals surface area contributed by atoms with Crippen molar-refractivity contribution in [3.63, 3.8) is 0 Å². The number of hydrogen-bond acceptors (Lipinski definition) is 1. The highest BCUT2D eigenvalue weighted by atomic mass is 32.2. The van der Waals surface area contributed by atoms with E-state index in [1.54, 1.807) is 12.5 Å². The van der Waals surface area contributed by atoms with Crippen LogP contribution in [0.25, 0.3) is 0 Å². The molecular weight excluding hydrogens is 128 g/mol. The van der Waals surface area contributed by atoms with Gasteiger partial charge in [0, 0.05) is 0 Å². The summed E-state index contributed by atoms with van der Waals surface area (Å²) in [5.74, 6) is 0. The Morgan fingerprint density at radius 3 is 1.33 bits per heavy atom. The van der Waals surface area contributed by atoms with Crippen LogP contribution >= 0.6 is 13.5 Å². The van der Waals surface area contributed by atoms with E-state index in [-0.39, 0.29) is 36.5 Å². The van der Waals surface area contributed by atoms with Gasteiger partial charge in [0.25, 0.3) is 0 Å². The summed E-state index contributed by atoms with van der Waals surface area (Å²) in [6.45, 7) is 0. The van der Waals surface area contributed by atoms with Gasteiger partial charge in [-0.2, -0.15) is 13.5 Å². The first-order chi connectivity index (χ1) is 1.73. The fourth-order valence-corrected chi connectivity index (χ4v) is 0. The molecule has 1 nitrogen and oxygen atoms in total. The van der Waals surface area contributed by atoms with Crippen LogP contribution in [0.15, 0.2) is 0 Å². The van der Waals surface area contributed by atoms with Crippen LogP contribution in [0.1, 0.15) is 0 Å². The summed E-state index contributed by atoms with van der Waals surface area (Å²) in [6, 6.07) is 0. The van der Waals surface area contributed by atoms with Crippen molar-refractivity contribution in [1.29, 1.82) is 0 Å². The third-order valence-electron chi connectivity index (χ3n) is 0. The van der Waals surface area contributed by atoms with Crippen LogP contribution in [0.3, 0.4) is 0 Å². The maximum atomic E-state index is 9.56. The molecule has 4 heteroatoms. The normalized spacial score (nSPS) is 6.00. The molecule has 0 aliphatic heterocycles. The maximum absolute atomic E-state index is 9.56. The van der Waals surface area contributed by atoms with E-state index < -0.39 is 11.2 Å². The van der Waals surface area contributed by atoms with Crippen LogP contribution in [0.5, 0.6) is 0 Å². The molecule has 0 spiro atoms. The molecule has 0 fully saturated rings. The molecule has 0 bridgehead atoms. The molecule has 0 aromatic heterocycles. The molecule has 0 N–H and O–H groups in total. The number of rotatable bonds is 0. The summed E-state index contributed by atoms with van der Waals surface area (Å²) < 4.78 is 9.56. The van der Waals surface area contributed by atoms with Gasteiger partial charge < -0.3 is 4.55 Å². The van der Waals surface area contributed by atoms with Crippen molar-refractivity contribution in [2.45, 2.75) is 0 Å². The van der Waals surface area contributed by atoms with Gasteiger partial charge in [-0.15, -0.1) is 0 Å². The summed E-state index contributed by atoms with van der Waals surface area (Å²) >= 11 is -0.611. The smallest absolute Gasteiger partial charge is 0.316 e. The van der Waals surface area contributed by atoms with E-state index in [1.807, 2.05) is 0 Å². The highest BCUT2D eigenvalue weighted by Gasteiger charge is 1.66.